The molecule has 0 spiro atoms. The molecule has 18 heavy (non-hydrogen) atoms. The van der Waals surface area contributed by atoms with Gasteiger partial charge in [-0.3, -0.25) is 0 Å². The summed E-state index contributed by atoms with van der Waals surface area (Å²) in [6.07, 6.45) is 5.74. The molecule has 3 heteroatoms. The molecule has 94 valence electrons. The van der Waals surface area contributed by atoms with E-state index in [4.69, 9.17) is 4.74 Å². The van der Waals surface area contributed by atoms with Crippen molar-refractivity contribution in [3.05, 3.63) is 42.2 Å². The maximum atomic E-state index is 5.73. The van der Waals surface area contributed by atoms with Gasteiger partial charge in [-0.15, -0.1) is 0 Å². The van der Waals surface area contributed by atoms with E-state index < -0.39 is 0 Å². The largest absolute Gasteiger partial charge is 0.493 e. The highest BCUT2D eigenvalue weighted by Gasteiger charge is 2.04. The fraction of sp³-hybridized carbons (Fsp3) is 0.333. The molecule has 1 aromatic heterocycles. The van der Waals surface area contributed by atoms with Gasteiger partial charge in [-0.2, -0.15) is 0 Å². The number of nitrogens with zero attached hydrogens (tertiary/aromatic N) is 2. The Bertz CT molecular complexity index is 497. The molecular formula is C15H18N2O. The summed E-state index contributed by atoms with van der Waals surface area (Å²) < 4.78 is 5.73. The topological polar surface area (TPSA) is 35.0 Å². The second-order valence-electron chi connectivity index (χ2n) is 4.25. The van der Waals surface area contributed by atoms with E-state index in [-0.39, 0.29) is 0 Å². The number of rotatable bonds is 5. The van der Waals surface area contributed by atoms with Gasteiger partial charge in [0.2, 0.25) is 0 Å². The van der Waals surface area contributed by atoms with Crippen molar-refractivity contribution >= 4 is 0 Å². The average molecular weight is 242 g/mol. The fourth-order valence-electron chi connectivity index (χ4n) is 1.73. The molecule has 0 aliphatic heterocycles. The molecule has 0 aliphatic carbocycles. The lowest BCUT2D eigenvalue weighted by Gasteiger charge is -2.09. The zero-order valence-electron chi connectivity index (χ0n) is 10.9. The average Bonchev–Trinajstić information content (AvgIpc) is 2.42. The van der Waals surface area contributed by atoms with Crippen LogP contribution in [0.5, 0.6) is 5.75 Å². The Labute approximate surface area is 108 Å². The van der Waals surface area contributed by atoms with Crippen LogP contribution < -0.4 is 4.74 Å². The van der Waals surface area contributed by atoms with Gasteiger partial charge in [0.05, 0.1) is 6.61 Å². The van der Waals surface area contributed by atoms with Crippen LogP contribution >= 0.6 is 0 Å². The van der Waals surface area contributed by atoms with E-state index in [0.717, 1.165) is 42.1 Å². The number of hydrogen-bond acceptors (Lipinski definition) is 3. The third-order valence-electron chi connectivity index (χ3n) is 2.75. The molecule has 0 radical (unpaired) electrons. The van der Waals surface area contributed by atoms with Gasteiger partial charge in [0, 0.05) is 18.0 Å². The fourth-order valence-corrected chi connectivity index (χ4v) is 1.73. The maximum absolute atomic E-state index is 5.73. The van der Waals surface area contributed by atoms with Crippen molar-refractivity contribution in [3.63, 3.8) is 0 Å². The molecule has 0 fully saturated rings. The molecule has 0 amide bonds. The summed E-state index contributed by atoms with van der Waals surface area (Å²) >= 11 is 0. The van der Waals surface area contributed by atoms with Crippen LogP contribution in [0.1, 0.15) is 25.3 Å². The molecule has 0 atom stereocenters. The molecule has 1 heterocycles. The minimum absolute atomic E-state index is 0.751. The van der Waals surface area contributed by atoms with Crippen molar-refractivity contribution in [2.45, 2.75) is 26.7 Å². The quantitative estimate of drug-likeness (QED) is 0.751. The van der Waals surface area contributed by atoms with E-state index >= 15 is 0 Å². The van der Waals surface area contributed by atoms with E-state index in [1.807, 2.05) is 25.1 Å². The monoisotopic (exact) mass is 242 g/mol. The van der Waals surface area contributed by atoms with Crippen LogP contribution in [-0.4, -0.2) is 16.6 Å². The van der Waals surface area contributed by atoms with Crippen LogP contribution in [-0.2, 0) is 0 Å². The van der Waals surface area contributed by atoms with Crippen molar-refractivity contribution < 1.29 is 4.74 Å². The number of benzene rings is 1. The highest BCUT2D eigenvalue weighted by molar-refractivity contribution is 5.58. The lowest BCUT2D eigenvalue weighted by molar-refractivity contribution is 0.307. The molecule has 0 N–H and O–H groups in total. The highest BCUT2D eigenvalue weighted by Crippen LogP contribution is 2.24. The van der Waals surface area contributed by atoms with Crippen molar-refractivity contribution in [2.75, 3.05) is 6.61 Å². The van der Waals surface area contributed by atoms with Gasteiger partial charge in [-0.25, -0.2) is 9.97 Å². The van der Waals surface area contributed by atoms with Gasteiger partial charge in [-0.05, 0) is 43.2 Å². The summed E-state index contributed by atoms with van der Waals surface area (Å²) in [6.45, 7) is 4.98. The van der Waals surface area contributed by atoms with Crippen molar-refractivity contribution in [1.29, 1.82) is 0 Å². The minimum atomic E-state index is 0.751. The molecule has 3 nitrogen and oxygen atoms in total. The molecule has 0 saturated heterocycles. The zero-order chi connectivity index (χ0) is 12.8. The molecule has 0 bridgehead atoms. The van der Waals surface area contributed by atoms with E-state index in [9.17, 15) is 0 Å². The Morgan fingerprint density at radius 3 is 2.61 bits per heavy atom. The van der Waals surface area contributed by atoms with E-state index in [0.29, 0.717) is 0 Å². The van der Waals surface area contributed by atoms with Crippen LogP contribution in [0.4, 0.5) is 0 Å². The van der Waals surface area contributed by atoms with Gasteiger partial charge in [0.25, 0.3) is 0 Å². The maximum Gasteiger partial charge on any atom is 0.159 e. The first-order valence-electron chi connectivity index (χ1n) is 6.32. The summed E-state index contributed by atoms with van der Waals surface area (Å²) in [5, 5.41) is 0. The Morgan fingerprint density at radius 2 is 1.94 bits per heavy atom. The number of unbranched alkanes of at least 4 members (excludes halogenated alkanes) is 1. The Balaban J connectivity index is 2.15. The highest BCUT2D eigenvalue weighted by atomic mass is 16.5. The Hall–Kier alpha value is -1.90. The van der Waals surface area contributed by atoms with Gasteiger partial charge in [0.15, 0.2) is 5.82 Å². The third kappa shape index (κ3) is 3.06. The molecule has 1 aromatic carbocycles. The third-order valence-corrected chi connectivity index (χ3v) is 2.75. The van der Waals surface area contributed by atoms with Gasteiger partial charge in [-0.1, -0.05) is 13.3 Å². The first-order chi connectivity index (χ1) is 8.81. The Kier molecular flexibility index (Phi) is 4.29. The summed E-state index contributed by atoms with van der Waals surface area (Å²) in [4.78, 5) is 8.49. The molecule has 2 aromatic rings. The first-order valence-corrected chi connectivity index (χ1v) is 6.32. The summed E-state index contributed by atoms with van der Waals surface area (Å²) in [6, 6.07) is 7.88. The van der Waals surface area contributed by atoms with Crippen LogP contribution in [0.2, 0.25) is 0 Å². The van der Waals surface area contributed by atoms with Gasteiger partial charge in [0.1, 0.15) is 5.75 Å². The van der Waals surface area contributed by atoms with Crippen molar-refractivity contribution in [3.8, 4) is 17.1 Å². The lowest BCUT2D eigenvalue weighted by Crippen LogP contribution is -1.98. The minimum Gasteiger partial charge on any atom is -0.493 e. The SMILES string of the molecule is CCCCOc1ccc(-c2ncccn2)cc1C. The van der Waals surface area contributed by atoms with Crippen molar-refractivity contribution in [1.82, 2.24) is 9.97 Å². The van der Waals surface area contributed by atoms with Gasteiger partial charge >= 0.3 is 0 Å². The predicted octanol–water partition coefficient (Wildman–Crippen LogP) is 3.63. The normalized spacial score (nSPS) is 10.3. The molecule has 0 saturated carbocycles. The van der Waals surface area contributed by atoms with Crippen molar-refractivity contribution in [2.24, 2.45) is 0 Å². The molecule has 2 rings (SSSR count). The lowest BCUT2D eigenvalue weighted by atomic mass is 10.1. The second-order valence-corrected chi connectivity index (χ2v) is 4.25. The van der Waals surface area contributed by atoms with E-state index in [2.05, 4.69) is 23.0 Å². The predicted molar refractivity (Wildman–Crippen MR) is 72.6 cm³/mol. The summed E-state index contributed by atoms with van der Waals surface area (Å²) in [5.41, 5.74) is 2.15. The molecule has 0 unspecified atom stereocenters. The Morgan fingerprint density at radius 1 is 1.17 bits per heavy atom. The smallest absolute Gasteiger partial charge is 0.159 e. The van der Waals surface area contributed by atoms with Crippen LogP contribution in [0.25, 0.3) is 11.4 Å². The van der Waals surface area contributed by atoms with Crippen LogP contribution in [0.3, 0.4) is 0 Å². The van der Waals surface area contributed by atoms with Crippen LogP contribution in [0.15, 0.2) is 36.7 Å². The number of hydrogen-bond donors (Lipinski definition) is 0. The summed E-state index contributed by atoms with van der Waals surface area (Å²) in [5.74, 6) is 1.70. The number of aromatic nitrogens is 2. The standard InChI is InChI=1S/C15H18N2O/c1-3-4-10-18-14-7-6-13(11-12(14)2)15-16-8-5-9-17-15/h5-9,11H,3-4,10H2,1-2H3. The molecular weight excluding hydrogens is 224 g/mol. The van der Waals surface area contributed by atoms with Gasteiger partial charge < -0.3 is 4.74 Å². The second kappa shape index (κ2) is 6.15. The first kappa shape index (κ1) is 12.6. The van der Waals surface area contributed by atoms with Crippen LogP contribution in [0, 0.1) is 6.92 Å². The van der Waals surface area contributed by atoms with E-state index in [1.165, 1.54) is 0 Å². The number of aryl methyl sites for hydroxylation is 1. The number of ether oxygens (including phenoxy) is 1. The van der Waals surface area contributed by atoms with E-state index in [1.54, 1.807) is 12.4 Å². The zero-order valence-corrected chi connectivity index (χ0v) is 10.9. The molecule has 0 aliphatic rings. The summed E-state index contributed by atoms with van der Waals surface area (Å²) in [7, 11) is 0.